The Morgan fingerprint density at radius 3 is 2.95 bits per heavy atom. The Bertz CT molecular complexity index is 601. The molecule has 1 unspecified atom stereocenters. The van der Waals surface area contributed by atoms with Crippen LogP contribution < -0.4 is 11.1 Å². The van der Waals surface area contributed by atoms with Crippen molar-refractivity contribution in [2.75, 3.05) is 6.54 Å². The van der Waals surface area contributed by atoms with Gasteiger partial charge in [-0.3, -0.25) is 4.79 Å². The van der Waals surface area contributed by atoms with E-state index >= 15 is 0 Å². The number of fused-ring (bicyclic) bond motifs is 1. The minimum atomic E-state index is -0.457. The lowest BCUT2D eigenvalue weighted by Gasteiger charge is -2.07. The topological polar surface area (TPSA) is 72.9 Å². The summed E-state index contributed by atoms with van der Waals surface area (Å²) < 4.78 is 2.07. The molecule has 1 aromatic heterocycles. The van der Waals surface area contributed by atoms with E-state index in [-0.39, 0.29) is 5.91 Å². The van der Waals surface area contributed by atoms with Gasteiger partial charge in [0.1, 0.15) is 5.82 Å². The van der Waals surface area contributed by atoms with Crippen molar-refractivity contribution in [2.45, 2.75) is 26.3 Å². The van der Waals surface area contributed by atoms with Gasteiger partial charge in [-0.2, -0.15) is 0 Å². The number of carbonyl (C=O) groups is 1. The molecule has 3 N–H and O–H groups in total. The van der Waals surface area contributed by atoms with Crippen LogP contribution in [0, 0.1) is 6.92 Å². The molecule has 1 heterocycles. The van der Waals surface area contributed by atoms with Crippen LogP contribution in [0.5, 0.6) is 0 Å². The summed E-state index contributed by atoms with van der Waals surface area (Å²) in [5, 5.41) is 2.81. The van der Waals surface area contributed by atoms with Crippen LogP contribution in [-0.4, -0.2) is 28.0 Å². The Kier molecular flexibility index (Phi) is 3.85. The molecular formula is C14H20N4O. The van der Waals surface area contributed by atoms with Crippen LogP contribution in [0.4, 0.5) is 0 Å². The zero-order valence-corrected chi connectivity index (χ0v) is 11.6. The molecule has 5 nitrogen and oxygen atoms in total. The fourth-order valence-corrected chi connectivity index (χ4v) is 2.01. The molecule has 0 aliphatic rings. The second kappa shape index (κ2) is 5.40. The minimum Gasteiger partial charge on any atom is -0.354 e. The van der Waals surface area contributed by atoms with Gasteiger partial charge in [0.25, 0.3) is 0 Å². The van der Waals surface area contributed by atoms with Gasteiger partial charge in [0, 0.05) is 13.6 Å². The van der Waals surface area contributed by atoms with E-state index in [2.05, 4.69) is 33.1 Å². The maximum Gasteiger partial charge on any atom is 0.236 e. The summed E-state index contributed by atoms with van der Waals surface area (Å²) in [7, 11) is 2.01. The number of hydrogen-bond donors (Lipinski definition) is 2. The molecule has 5 heteroatoms. The van der Waals surface area contributed by atoms with E-state index in [1.165, 1.54) is 0 Å². The van der Waals surface area contributed by atoms with Crippen LogP contribution in [0.1, 0.15) is 18.3 Å². The molecule has 1 amide bonds. The largest absolute Gasteiger partial charge is 0.354 e. The Hall–Kier alpha value is -1.88. The monoisotopic (exact) mass is 260 g/mol. The summed E-state index contributed by atoms with van der Waals surface area (Å²) in [6.45, 7) is 4.26. The van der Waals surface area contributed by atoms with Crippen LogP contribution in [0.15, 0.2) is 18.2 Å². The fraction of sp³-hybridized carbons (Fsp3) is 0.429. The third-order valence-electron chi connectivity index (χ3n) is 3.30. The number of rotatable bonds is 4. The van der Waals surface area contributed by atoms with Crippen molar-refractivity contribution in [3.8, 4) is 0 Å². The van der Waals surface area contributed by atoms with Crippen LogP contribution in [0.3, 0.4) is 0 Å². The van der Waals surface area contributed by atoms with Gasteiger partial charge < -0.3 is 15.6 Å². The summed E-state index contributed by atoms with van der Waals surface area (Å²) in [6, 6.07) is 5.75. The van der Waals surface area contributed by atoms with E-state index in [9.17, 15) is 4.79 Å². The molecule has 0 saturated heterocycles. The highest BCUT2D eigenvalue weighted by Gasteiger charge is 2.07. The van der Waals surface area contributed by atoms with Crippen LogP contribution >= 0.6 is 0 Å². The Balaban J connectivity index is 2.04. The first-order valence-electron chi connectivity index (χ1n) is 6.44. The third-order valence-corrected chi connectivity index (χ3v) is 3.30. The first-order chi connectivity index (χ1) is 8.99. The van der Waals surface area contributed by atoms with Gasteiger partial charge in [0.2, 0.25) is 5.91 Å². The van der Waals surface area contributed by atoms with Gasteiger partial charge in [-0.05, 0) is 38.0 Å². The predicted molar refractivity (Wildman–Crippen MR) is 75.8 cm³/mol. The van der Waals surface area contributed by atoms with Gasteiger partial charge in [0.15, 0.2) is 0 Å². The summed E-state index contributed by atoms with van der Waals surface area (Å²) in [5.41, 5.74) is 8.77. The number of nitrogens with one attached hydrogen (secondary N) is 1. The molecule has 1 atom stereocenters. The molecule has 0 spiro atoms. The number of nitrogens with two attached hydrogens (primary N) is 1. The van der Waals surface area contributed by atoms with Gasteiger partial charge in [-0.1, -0.05) is 6.07 Å². The number of nitrogens with zero attached hydrogens (tertiary/aromatic N) is 2. The number of imidazole rings is 1. The lowest BCUT2D eigenvalue weighted by atomic mass is 10.1. The highest BCUT2D eigenvalue weighted by Crippen LogP contribution is 2.16. The first-order valence-corrected chi connectivity index (χ1v) is 6.44. The number of aryl methyl sites for hydroxylation is 2. The zero-order valence-electron chi connectivity index (χ0n) is 11.6. The smallest absolute Gasteiger partial charge is 0.236 e. The van der Waals surface area contributed by atoms with Crippen LogP contribution in [-0.2, 0) is 18.3 Å². The second-order valence-corrected chi connectivity index (χ2v) is 4.87. The number of hydrogen-bond acceptors (Lipinski definition) is 3. The molecular weight excluding hydrogens is 240 g/mol. The van der Waals surface area contributed by atoms with Crippen LogP contribution in [0.25, 0.3) is 11.0 Å². The molecule has 0 radical (unpaired) electrons. The van der Waals surface area contributed by atoms with Crippen LogP contribution in [0.2, 0.25) is 0 Å². The summed E-state index contributed by atoms with van der Waals surface area (Å²) in [4.78, 5) is 15.8. The number of carbonyl (C=O) groups excluding carboxylic acids is 1. The maximum atomic E-state index is 11.3. The molecule has 0 aliphatic heterocycles. The zero-order chi connectivity index (χ0) is 14.0. The Morgan fingerprint density at radius 2 is 2.26 bits per heavy atom. The normalized spacial score (nSPS) is 12.6. The molecule has 2 rings (SSSR count). The highest BCUT2D eigenvalue weighted by atomic mass is 16.2. The average Bonchev–Trinajstić information content (AvgIpc) is 2.64. The molecule has 0 fully saturated rings. The van der Waals surface area contributed by atoms with Crippen molar-refractivity contribution >= 4 is 16.9 Å². The number of aromatic nitrogens is 2. The van der Waals surface area contributed by atoms with Gasteiger partial charge in [-0.15, -0.1) is 0 Å². The molecule has 0 bridgehead atoms. The van der Waals surface area contributed by atoms with E-state index in [1.54, 1.807) is 6.92 Å². The number of amides is 1. The van der Waals surface area contributed by atoms with E-state index in [1.807, 2.05) is 14.0 Å². The maximum absolute atomic E-state index is 11.3. The van der Waals surface area contributed by atoms with Gasteiger partial charge >= 0.3 is 0 Å². The van der Waals surface area contributed by atoms with Crippen molar-refractivity contribution in [1.29, 1.82) is 0 Å². The van der Waals surface area contributed by atoms with Crippen molar-refractivity contribution in [3.63, 3.8) is 0 Å². The van der Waals surface area contributed by atoms with E-state index < -0.39 is 6.04 Å². The Morgan fingerprint density at radius 1 is 1.53 bits per heavy atom. The standard InChI is InChI=1S/C14H20N4O/c1-9(15)14(19)16-7-6-11-4-5-13-12(8-11)17-10(2)18(13)3/h4-5,8-9H,6-7,15H2,1-3H3,(H,16,19). The van der Waals surface area contributed by atoms with E-state index in [4.69, 9.17) is 5.73 Å². The van der Waals surface area contributed by atoms with Crippen molar-refractivity contribution in [1.82, 2.24) is 14.9 Å². The summed E-state index contributed by atoms with van der Waals surface area (Å²) in [6.07, 6.45) is 0.782. The number of benzene rings is 1. The van der Waals surface area contributed by atoms with E-state index in [0.717, 1.165) is 28.8 Å². The van der Waals surface area contributed by atoms with Gasteiger partial charge in [-0.25, -0.2) is 4.98 Å². The SMILES string of the molecule is Cc1nc2cc(CCNC(=O)C(C)N)ccc2n1C. The van der Waals surface area contributed by atoms with E-state index in [0.29, 0.717) is 6.54 Å². The average molecular weight is 260 g/mol. The molecule has 2 aromatic rings. The predicted octanol–water partition coefficient (Wildman–Crippen LogP) is 0.888. The fourth-order valence-electron chi connectivity index (χ4n) is 2.01. The molecule has 19 heavy (non-hydrogen) atoms. The quantitative estimate of drug-likeness (QED) is 0.857. The molecule has 1 aromatic carbocycles. The highest BCUT2D eigenvalue weighted by molar-refractivity contribution is 5.81. The van der Waals surface area contributed by atoms with Crippen molar-refractivity contribution in [3.05, 3.63) is 29.6 Å². The third kappa shape index (κ3) is 2.93. The molecule has 0 aliphatic carbocycles. The van der Waals surface area contributed by atoms with Crippen molar-refractivity contribution in [2.24, 2.45) is 12.8 Å². The lowest BCUT2D eigenvalue weighted by molar-refractivity contribution is -0.121. The summed E-state index contributed by atoms with van der Waals surface area (Å²) >= 11 is 0. The lowest BCUT2D eigenvalue weighted by Crippen LogP contribution is -2.39. The Labute approximate surface area is 112 Å². The molecule has 0 saturated carbocycles. The van der Waals surface area contributed by atoms with Crippen molar-refractivity contribution < 1.29 is 4.79 Å². The van der Waals surface area contributed by atoms with Gasteiger partial charge in [0.05, 0.1) is 17.1 Å². The molecule has 102 valence electrons. The first kappa shape index (κ1) is 13.5. The minimum absolute atomic E-state index is 0.116. The second-order valence-electron chi connectivity index (χ2n) is 4.87. The summed E-state index contributed by atoms with van der Waals surface area (Å²) in [5.74, 6) is 0.882.